The van der Waals surface area contributed by atoms with Crippen LogP contribution in [0.2, 0.25) is 0 Å². The number of rotatable bonds is 5. The fraction of sp³-hybridized carbons (Fsp3) is 0.357. The number of benzene rings is 3. The molecule has 0 radical (unpaired) electrons. The molecule has 0 amide bonds. The van der Waals surface area contributed by atoms with Gasteiger partial charge in [0.1, 0.15) is 0 Å². The summed E-state index contributed by atoms with van der Waals surface area (Å²) in [5, 5.41) is 10.2. The Morgan fingerprint density at radius 3 is 2.39 bits per heavy atom. The van der Waals surface area contributed by atoms with E-state index in [9.17, 15) is 22.3 Å². The predicted molar refractivity (Wildman–Crippen MR) is 135 cm³/mol. The lowest BCUT2D eigenvalue weighted by molar-refractivity contribution is -0.0553. The maximum Gasteiger partial charge on any atom is 0.243 e. The molecule has 2 aliphatic heterocycles. The van der Waals surface area contributed by atoms with E-state index in [4.69, 9.17) is 0 Å². The second-order valence-corrected chi connectivity index (χ2v) is 11.5. The Bertz CT molecular complexity index is 1350. The number of nitrogens with zero attached hydrogens (tertiary/aromatic N) is 2. The van der Waals surface area contributed by atoms with Crippen LogP contribution in [0.1, 0.15) is 29.9 Å². The van der Waals surface area contributed by atoms with Gasteiger partial charge < -0.3 is 5.11 Å². The van der Waals surface area contributed by atoms with Gasteiger partial charge in [0, 0.05) is 36.7 Å². The summed E-state index contributed by atoms with van der Waals surface area (Å²) >= 11 is 0. The number of aryl methyl sites for hydroxylation is 1. The summed E-state index contributed by atoms with van der Waals surface area (Å²) in [6.07, 6.45) is 1.60. The molecule has 1 unspecified atom stereocenters. The largest absolute Gasteiger partial charge is 0.395 e. The van der Waals surface area contributed by atoms with Crippen LogP contribution in [0, 0.1) is 18.6 Å². The Kier molecular flexibility index (Phi) is 6.96. The van der Waals surface area contributed by atoms with Crippen LogP contribution in [-0.2, 0) is 10.0 Å². The van der Waals surface area contributed by atoms with Crippen molar-refractivity contribution in [2.45, 2.75) is 42.7 Å². The summed E-state index contributed by atoms with van der Waals surface area (Å²) in [6.45, 7) is 3.36. The van der Waals surface area contributed by atoms with Gasteiger partial charge in [0.2, 0.25) is 10.0 Å². The first-order valence-corrected chi connectivity index (χ1v) is 13.7. The highest BCUT2D eigenvalue weighted by Gasteiger charge is 2.50. The third-order valence-corrected chi connectivity index (χ3v) is 9.63. The molecule has 2 aliphatic rings. The minimum absolute atomic E-state index is 0.0357. The summed E-state index contributed by atoms with van der Waals surface area (Å²) in [7, 11) is -3.67. The minimum Gasteiger partial charge on any atom is -0.395 e. The fourth-order valence-corrected chi connectivity index (χ4v) is 7.45. The van der Waals surface area contributed by atoms with Crippen molar-refractivity contribution in [2.75, 3.05) is 26.2 Å². The summed E-state index contributed by atoms with van der Waals surface area (Å²) in [6, 6.07) is 18.2. The first-order valence-electron chi connectivity index (χ1n) is 12.3. The molecule has 36 heavy (non-hydrogen) atoms. The zero-order valence-corrected chi connectivity index (χ0v) is 21.0. The van der Waals surface area contributed by atoms with Crippen LogP contribution >= 0.6 is 0 Å². The quantitative estimate of drug-likeness (QED) is 0.545. The first kappa shape index (κ1) is 25.0. The number of aliphatic hydroxyl groups excluding tert-OH is 1. The zero-order chi connectivity index (χ0) is 25.4. The van der Waals surface area contributed by atoms with Crippen molar-refractivity contribution in [1.82, 2.24) is 9.21 Å². The molecule has 2 saturated heterocycles. The van der Waals surface area contributed by atoms with E-state index < -0.39 is 21.7 Å². The zero-order valence-electron chi connectivity index (χ0n) is 20.1. The van der Waals surface area contributed by atoms with Crippen LogP contribution in [0.15, 0.2) is 71.6 Å². The van der Waals surface area contributed by atoms with Gasteiger partial charge in [-0.25, -0.2) is 17.2 Å². The minimum atomic E-state index is -3.67. The highest BCUT2D eigenvalue weighted by Crippen LogP contribution is 2.43. The summed E-state index contributed by atoms with van der Waals surface area (Å²) in [4.78, 5) is 2.54. The number of sulfonamides is 1. The Hall–Kier alpha value is -2.65. The lowest BCUT2D eigenvalue weighted by Gasteiger charge is -2.57. The van der Waals surface area contributed by atoms with Crippen molar-refractivity contribution < 1.29 is 22.3 Å². The molecule has 3 aromatic rings. The van der Waals surface area contributed by atoms with Crippen molar-refractivity contribution in [1.29, 1.82) is 0 Å². The van der Waals surface area contributed by atoms with Gasteiger partial charge in [-0.05, 0) is 55.1 Å². The standard InChI is InChI=1S/C28H30F2N2O3S/c1-19-7-2-3-10-26(19)36(34,35)31-15-4-5-16-32-24(17-31)27(25(32)18-33)21-13-11-20(12-14-21)22-8-6-9-23(29)28(22)30/h2-3,6-14,24-25,27,33H,4-5,15-18H2,1H3/t24?,25-,27+/m1/s1. The highest BCUT2D eigenvalue weighted by atomic mass is 32.2. The monoisotopic (exact) mass is 512 g/mol. The molecule has 5 nitrogen and oxygen atoms in total. The Balaban J connectivity index is 1.44. The van der Waals surface area contributed by atoms with Gasteiger partial charge >= 0.3 is 0 Å². The van der Waals surface area contributed by atoms with Crippen LogP contribution in [0.4, 0.5) is 8.78 Å². The van der Waals surface area contributed by atoms with E-state index in [1.165, 1.54) is 12.1 Å². The fourth-order valence-electron chi connectivity index (χ4n) is 5.72. The maximum absolute atomic E-state index is 14.3. The number of fused-ring (bicyclic) bond motifs is 1. The molecule has 8 heteroatoms. The average molecular weight is 513 g/mol. The van der Waals surface area contributed by atoms with Crippen LogP contribution in [-0.4, -0.2) is 61.1 Å². The van der Waals surface area contributed by atoms with E-state index >= 15 is 0 Å². The van der Waals surface area contributed by atoms with Gasteiger partial charge in [0.15, 0.2) is 11.6 Å². The average Bonchev–Trinajstić information content (AvgIpc) is 2.85. The Labute approximate surface area is 211 Å². The van der Waals surface area contributed by atoms with Crippen LogP contribution in [0.5, 0.6) is 0 Å². The van der Waals surface area contributed by atoms with E-state index in [1.807, 2.05) is 18.2 Å². The van der Waals surface area contributed by atoms with Gasteiger partial charge in [0.05, 0.1) is 11.5 Å². The lowest BCUT2D eigenvalue weighted by Crippen LogP contribution is -2.67. The lowest BCUT2D eigenvalue weighted by atomic mass is 9.74. The SMILES string of the molecule is Cc1ccccc1S(=O)(=O)N1CCCCN2C(C1)[C@H](c1ccc(-c3cccc(F)c3F)cc1)[C@H]2CO. The number of aliphatic hydroxyl groups is 1. The van der Waals surface area contributed by atoms with Crippen molar-refractivity contribution in [3.8, 4) is 11.1 Å². The number of hydrogen-bond acceptors (Lipinski definition) is 4. The summed E-state index contributed by atoms with van der Waals surface area (Å²) in [5.41, 5.74) is 2.42. The topological polar surface area (TPSA) is 60.9 Å². The highest BCUT2D eigenvalue weighted by molar-refractivity contribution is 7.89. The van der Waals surface area contributed by atoms with Gasteiger partial charge in [0.25, 0.3) is 0 Å². The Morgan fingerprint density at radius 2 is 1.67 bits per heavy atom. The van der Waals surface area contributed by atoms with Crippen LogP contribution < -0.4 is 0 Å². The van der Waals surface area contributed by atoms with Gasteiger partial charge in [-0.15, -0.1) is 0 Å². The van der Waals surface area contributed by atoms with Crippen LogP contribution in [0.3, 0.4) is 0 Å². The van der Waals surface area contributed by atoms with Crippen LogP contribution in [0.25, 0.3) is 11.1 Å². The molecule has 0 aromatic heterocycles. The molecule has 0 bridgehead atoms. The van der Waals surface area contributed by atoms with Crippen molar-refractivity contribution >= 4 is 10.0 Å². The second-order valence-electron chi connectivity index (χ2n) is 9.64. The molecule has 0 saturated carbocycles. The molecule has 3 aromatic carbocycles. The van der Waals surface area contributed by atoms with E-state index in [-0.39, 0.29) is 30.2 Å². The van der Waals surface area contributed by atoms with Crippen molar-refractivity contribution in [2.24, 2.45) is 0 Å². The van der Waals surface area contributed by atoms with Crippen molar-refractivity contribution in [3.05, 3.63) is 89.5 Å². The third-order valence-electron chi connectivity index (χ3n) is 7.60. The predicted octanol–water partition coefficient (Wildman–Crippen LogP) is 4.55. The van der Waals surface area contributed by atoms with E-state index in [0.29, 0.717) is 23.5 Å². The number of halogens is 2. The van der Waals surface area contributed by atoms with E-state index in [0.717, 1.165) is 36.6 Å². The molecular formula is C28H30F2N2O3S. The summed E-state index contributed by atoms with van der Waals surface area (Å²) < 4.78 is 56.8. The first-order chi connectivity index (χ1) is 17.3. The normalized spacial score (nSPS) is 23.4. The van der Waals surface area contributed by atoms with Crippen molar-refractivity contribution in [3.63, 3.8) is 0 Å². The smallest absolute Gasteiger partial charge is 0.243 e. The second kappa shape index (κ2) is 10.0. The molecular weight excluding hydrogens is 482 g/mol. The molecule has 190 valence electrons. The molecule has 3 atom stereocenters. The van der Waals surface area contributed by atoms with E-state index in [2.05, 4.69) is 4.90 Å². The third kappa shape index (κ3) is 4.36. The van der Waals surface area contributed by atoms with Gasteiger partial charge in [-0.3, -0.25) is 4.90 Å². The number of hydrogen-bond donors (Lipinski definition) is 1. The summed E-state index contributed by atoms with van der Waals surface area (Å²) in [5.74, 6) is -1.85. The van der Waals surface area contributed by atoms with E-state index in [1.54, 1.807) is 41.6 Å². The molecule has 0 aliphatic carbocycles. The Morgan fingerprint density at radius 1 is 0.944 bits per heavy atom. The van der Waals surface area contributed by atoms with Gasteiger partial charge in [-0.1, -0.05) is 54.6 Å². The molecule has 2 heterocycles. The molecule has 1 N–H and O–H groups in total. The molecule has 2 fully saturated rings. The maximum atomic E-state index is 14.3. The molecule has 5 rings (SSSR count). The van der Waals surface area contributed by atoms with Gasteiger partial charge in [-0.2, -0.15) is 4.31 Å². The molecule has 0 spiro atoms.